The van der Waals surface area contributed by atoms with Gasteiger partial charge in [0.15, 0.2) is 0 Å². The van der Waals surface area contributed by atoms with Gasteiger partial charge in [0.1, 0.15) is 5.65 Å². The summed E-state index contributed by atoms with van der Waals surface area (Å²) in [6, 6.07) is 44.6. The van der Waals surface area contributed by atoms with Gasteiger partial charge in [-0.1, -0.05) is 97.1 Å². The first-order valence-electron chi connectivity index (χ1n) is 13.5. The Kier molecular flexibility index (Phi) is 5.01. The van der Waals surface area contributed by atoms with Crippen molar-refractivity contribution in [2.24, 2.45) is 0 Å². The molecule has 0 aliphatic heterocycles. The van der Waals surface area contributed by atoms with Crippen molar-refractivity contribution >= 4 is 38.2 Å². The van der Waals surface area contributed by atoms with Gasteiger partial charge in [0.2, 0.25) is 0 Å². The maximum atomic E-state index is 14.4. The van der Waals surface area contributed by atoms with E-state index in [1.165, 1.54) is 0 Å². The third kappa shape index (κ3) is 3.40. The van der Waals surface area contributed by atoms with Crippen LogP contribution in [0.25, 0.3) is 71.6 Å². The lowest BCUT2D eigenvalue weighted by Gasteiger charge is -2.13. The van der Waals surface area contributed by atoms with E-state index in [9.17, 15) is 10.1 Å². The Morgan fingerprint density at radius 2 is 1.20 bits per heavy atom. The lowest BCUT2D eigenvalue weighted by Crippen LogP contribution is -2.13. The van der Waals surface area contributed by atoms with Crippen molar-refractivity contribution in [3.63, 3.8) is 0 Å². The van der Waals surface area contributed by atoms with E-state index < -0.39 is 0 Å². The monoisotopic (exact) mass is 523 g/mol. The quantitative estimate of drug-likeness (QED) is 0.233. The van der Waals surface area contributed by atoms with E-state index in [4.69, 9.17) is 4.98 Å². The zero-order chi connectivity index (χ0) is 27.5. The molecule has 0 aliphatic rings. The van der Waals surface area contributed by atoms with Gasteiger partial charge >= 0.3 is 0 Å². The molecule has 2 aromatic heterocycles. The molecule has 0 atom stereocenters. The minimum atomic E-state index is -0.140. The van der Waals surface area contributed by atoms with E-state index in [1.54, 1.807) is 16.5 Å². The summed E-state index contributed by atoms with van der Waals surface area (Å²) in [5, 5.41) is 13.1. The molecule has 0 radical (unpaired) electrons. The molecule has 4 nitrogen and oxygen atoms in total. The Labute approximate surface area is 235 Å². The fourth-order valence-corrected chi connectivity index (χ4v) is 6.13. The van der Waals surface area contributed by atoms with Gasteiger partial charge in [0, 0.05) is 27.1 Å². The number of fused-ring (bicyclic) bond motifs is 4. The molecule has 0 amide bonds. The van der Waals surface area contributed by atoms with Crippen LogP contribution in [0.3, 0.4) is 0 Å². The highest BCUT2D eigenvalue weighted by atomic mass is 16.1. The summed E-state index contributed by atoms with van der Waals surface area (Å²) < 4.78 is 1.75. The summed E-state index contributed by atoms with van der Waals surface area (Å²) in [5.74, 6) is 0. The summed E-state index contributed by atoms with van der Waals surface area (Å²) in [5.41, 5.74) is 8.55. The average Bonchev–Trinajstić information content (AvgIpc) is 3.44. The van der Waals surface area contributed by atoms with Crippen molar-refractivity contribution < 1.29 is 0 Å². The molecule has 0 aliphatic carbocycles. The Morgan fingerprint density at radius 3 is 1.85 bits per heavy atom. The molecule has 190 valence electrons. The first-order valence-corrected chi connectivity index (χ1v) is 13.5. The topological polar surface area (TPSA) is 58.2 Å². The van der Waals surface area contributed by atoms with Crippen LogP contribution in [0.4, 0.5) is 0 Å². The molecule has 41 heavy (non-hydrogen) atoms. The van der Waals surface area contributed by atoms with Crippen LogP contribution in [0.2, 0.25) is 0 Å². The van der Waals surface area contributed by atoms with E-state index >= 15 is 0 Å². The Bertz CT molecular complexity index is 2370. The molecule has 4 heteroatoms. The molecule has 0 unspecified atom stereocenters. The average molecular weight is 524 g/mol. The van der Waals surface area contributed by atoms with Crippen molar-refractivity contribution in [3.05, 3.63) is 143 Å². The standard InChI is InChI=1S/C37H21N3O/c38-22-26-16-17-30-34-29(19-18-28(33(26)34)24-12-6-2-7-13-24)36-39-35-31(25-14-8-3-9-15-25)20-27(23-10-4-1-5-11-23)21-32(35)40(36)37(30)41/h1-21H. The molecule has 0 spiro atoms. The van der Waals surface area contributed by atoms with Crippen molar-refractivity contribution in [1.82, 2.24) is 9.38 Å². The predicted molar refractivity (Wildman–Crippen MR) is 166 cm³/mol. The van der Waals surface area contributed by atoms with Gasteiger partial charge in [-0.3, -0.25) is 9.20 Å². The fraction of sp³-hybridized carbons (Fsp3) is 0. The molecule has 0 saturated heterocycles. The van der Waals surface area contributed by atoms with Gasteiger partial charge in [-0.05, 0) is 58.1 Å². The summed E-state index contributed by atoms with van der Waals surface area (Å²) in [6.45, 7) is 0. The first-order chi connectivity index (χ1) is 20.2. The molecule has 8 aromatic rings. The van der Waals surface area contributed by atoms with Crippen LogP contribution >= 0.6 is 0 Å². The minimum absolute atomic E-state index is 0.140. The number of aromatic nitrogens is 2. The van der Waals surface area contributed by atoms with E-state index in [0.29, 0.717) is 16.6 Å². The zero-order valence-electron chi connectivity index (χ0n) is 21.9. The molecular formula is C37H21N3O. The molecule has 0 saturated carbocycles. The van der Waals surface area contributed by atoms with Crippen LogP contribution in [-0.2, 0) is 0 Å². The number of nitriles is 1. The maximum absolute atomic E-state index is 14.4. The number of rotatable bonds is 3. The molecule has 8 rings (SSSR count). The summed E-state index contributed by atoms with van der Waals surface area (Å²) in [6.07, 6.45) is 0. The summed E-state index contributed by atoms with van der Waals surface area (Å²) in [7, 11) is 0. The van der Waals surface area contributed by atoms with Crippen molar-refractivity contribution in [1.29, 1.82) is 5.26 Å². The van der Waals surface area contributed by atoms with Gasteiger partial charge in [-0.25, -0.2) is 4.98 Å². The molecule has 0 fully saturated rings. The molecule has 2 heterocycles. The molecule has 0 bridgehead atoms. The Morgan fingerprint density at radius 1 is 0.585 bits per heavy atom. The fourth-order valence-electron chi connectivity index (χ4n) is 6.13. The van der Waals surface area contributed by atoms with Crippen molar-refractivity contribution in [2.45, 2.75) is 0 Å². The van der Waals surface area contributed by atoms with Crippen LogP contribution in [0.1, 0.15) is 5.56 Å². The Balaban J connectivity index is 1.56. The van der Waals surface area contributed by atoms with Crippen LogP contribution in [0, 0.1) is 11.3 Å². The van der Waals surface area contributed by atoms with Gasteiger partial charge in [0.25, 0.3) is 5.56 Å². The number of hydrogen-bond acceptors (Lipinski definition) is 3. The normalized spacial score (nSPS) is 11.5. The highest BCUT2D eigenvalue weighted by molar-refractivity contribution is 6.21. The summed E-state index contributed by atoms with van der Waals surface area (Å²) in [4.78, 5) is 19.5. The second-order valence-corrected chi connectivity index (χ2v) is 10.2. The molecule has 0 N–H and O–H groups in total. The highest BCUT2D eigenvalue weighted by Crippen LogP contribution is 2.40. The maximum Gasteiger partial charge on any atom is 0.264 e. The zero-order valence-corrected chi connectivity index (χ0v) is 21.9. The molecule has 6 aromatic carbocycles. The largest absolute Gasteiger partial charge is 0.268 e. The second-order valence-electron chi connectivity index (χ2n) is 10.2. The lowest BCUT2D eigenvalue weighted by atomic mass is 9.91. The number of hydrogen-bond donors (Lipinski definition) is 0. The van der Waals surface area contributed by atoms with E-state index in [0.717, 1.165) is 60.6 Å². The van der Waals surface area contributed by atoms with Crippen LogP contribution in [0.5, 0.6) is 0 Å². The molecular weight excluding hydrogens is 502 g/mol. The first kappa shape index (κ1) is 23.1. The van der Waals surface area contributed by atoms with Crippen LogP contribution in [0.15, 0.2) is 132 Å². The highest BCUT2D eigenvalue weighted by Gasteiger charge is 2.22. The van der Waals surface area contributed by atoms with E-state index in [2.05, 4.69) is 42.5 Å². The third-order valence-corrected chi connectivity index (χ3v) is 7.99. The summed E-state index contributed by atoms with van der Waals surface area (Å²) >= 11 is 0. The van der Waals surface area contributed by atoms with Gasteiger partial charge in [-0.15, -0.1) is 0 Å². The second kappa shape index (κ2) is 8.87. The minimum Gasteiger partial charge on any atom is -0.268 e. The smallest absolute Gasteiger partial charge is 0.264 e. The SMILES string of the molecule is N#Cc1ccc2c(=O)n3c4cc(-c5ccccc5)cc(-c5ccccc5)c4nc3c3ccc(-c4ccccc4)c1c23. The van der Waals surface area contributed by atoms with E-state index in [1.807, 2.05) is 78.9 Å². The van der Waals surface area contributed by atoms with Crippen molar-refractivity contribution in [3.8, 4) is 39.4 Å². The number of nitrogens with zero attached hydrogens (tertiary/aromatic N) is 3. The van der Waals surface area contributed by atoms with Crippen LogP contribution in [-0.4, -0.2) is 9.38 Å². The number of benzene rings is 6. The van der Waals surface area contributed by atoms with Gasteiger partial charge in [-0.2, -0.15) is 5.26 Å². The van der Waals surface area contributed by atoms with Crippen molar-refractivity contribution in [2.75, 3.05) is 0 Å². The van der Waals surface area contributed by atoms with Crippen LogP contribution < -0.4 is 5.56 Å². The lowest BCUT2D eigenvalue weighted by molar-refractivity contribution is 1.19. The van der Waals surface area contributed by atoms with Gasteiger partial charge in [0.05, 0.1) is 22.7 Å². The van der Waals surface area contributed by atoms with Gasteiger partial charge < -0.3 is 0 Å². The third-order valence-electron chi connectivity index (χ3n) is 7.99. The number of imidazole rings is 1. The predicted octanol–water partition coefficient (Wildman–Crippen LogP) is 8.46. The van der Waals surface area contributed by atoms with E-state index in [-0.39, 0.29) is 5.56 Å². The number of pyridine rings is 1. The Hall–Kier alpha value is -5.79.